The molecule has 0 radical (unpaired) electrons. The van der Waals surface area contributed by atoms with Gasteiger partial charge in [-0.3, -0.25) is 9.69 Å². The quantitative estimate of drug-likeness (QED) is 0.899. The van der Waals surface area contributed by atoms with Gasteiger partial charge in [0.25, 0.3) is 0 Å². The fourth-order valence-corrected chi connectivity index (χ4v) is 1.95. The van der Waals surface area contributed by atoms with Crippen LogP contribution in [0.5, 0.6) is 0 Å². The molecule has 0 heterocycles. The van der Waals surface area contributed by atoms with E-state index in [1.54, 1.807) is 0 Å². The molecule has 0 unspecified atom stereocenters. The third-order valence-corrected chi connectivity index (χ3v) is 3.02. The summed E-state index contributed by atoms with van der Waals surface area (Å²) in [6.07, 6.45) is -4.43. The van der Waals surface area contributed by atoms with Crippen LogP contribution in [0.2, 0.25) is 0 Å². The summed E-state index contributed by atoms with van der Waals surface area (Å²) in [6.45, 7) is 6.67. The van der Waals surface area contributed by atoms with Crippen molar-refractivity contribution in [1.29, 1.82) is 0 Å². The molecular formula is C14H19F3N2O. The van der Waals surface area contributed by atoms with Crippen LogP contribution in [0.4, 0.5) is 18.9 Å². The fourth-order valence-electron chi connectivity index (χ4n) is 1.95. The molecule has 20 heavy (non-hydrogen) atoms. The number of benzene rings is 1. The SMILES string of the molecule is CCN(CC)Cc1ccc(NC(C)=O)cc1C(F)(F)F. The summed E-state index contributed by atoms with van der Waals surface area (Å²) < 4.78 is 39.3. The van der Waals surface area contributed by atoms with Crippen molar-refractivity contribution in [3.05, 3.63) is 29.3 Å². The molecule has 6 heteroatoms. The van der Waals surface area contributed by atoms with E-state index < -0.39 is 17.6 Å². The van der Waals surface area contributed by atoms with Crippen LogP contribution in [-0.2, 0) is 17.5 Å². The second-order valence-electron chi connectivity index (χ2n) is 4.51. The fraction of sp³-hybridized carbons (Fsp3) is 0.500. The van der Waals surface area contributed by atoms with E-state index in [2.05, 4.69) is 5.32 Å². The Labute approximate surface area is 116 Å². The minimum atomic E-state index is -4.43. The van der Waals surface area contributed by atoms with Crippen LogP contribution in [0.15, 0.2) is 18.2 Å². The van der Waals surface area contributed by atoms with E-state index in [1.807, 2.05) is 18.7 Å². The average molecular weight is 288 g/mol. The van der Waals surface area contributed by atoms with Gasteiger partial charge in [-0.2, -0.15) is 13.2 Å². The number of nitrogens with zero attached hydrogens (tertiary/aromatic N) is 1. The largest absolute Gasteiger partial charge is 0.416 e. The van der Waals surface area contributed by atoms with Crippen LogP contribution in [0.25, 0.3) is 0 Å². The Bertz CT molecular complexity index is 468. The van der Waals surface area contributed by atoms with Crippen molar-refractivity contribution in [2.24, 2.45) is 0 Å². The molecule has 0 aliphatic heterocycles. The highest BCUT2D eigenvalue weighted by atomic mass is 19.4. The molecule has 0 aromatic heterocycles. The third kappa shape index (κ3) is 4.52. The number of hydrogen-bond acceptors (Lipinski definition) is 2. The molecule has 1 N–H and O–H groups in total. The van der Waals surface area contributed by atoms with E-state index in [0.717, 1.165) is 6.07 Å². The summed E-state index contributed by atoms with van der Waals surface area (Å²) in [5, 5.41) is 2.37. The molecule has 0 fully saturated rings. The second-order valence-corrected chi connectivity index (χ2v) is 4.51. The Morgan fingerprint density at radius 3 is 2.30 bits per heavy atom. The number of halogens is 3. The number of carbonyl (C=O) groups is 1. The van der Waals surface area contributed by atoms with Crippen molar-refractivity contribution in [2.45, 2.75) is 33.5 Å². The summed E-state index contributed by atoms with van der Waals surface area (Å²) >= 11 is 0. The summed E-state index contributed by atoms with van der Waals surface area (Å²) in [7, 11) is 0. The first-order chi connectivity index (χ1) is 9.27. The van der Waals surface area contributed by atoms with E-state index in [9.17, 15) is 18.0 Å². The lowest BCUT2D eigenvalue weighted by Gasteiger charge is -2.21. The number of hydrogen-bond donors (Lipinski definition) is 1. The maximum absolute atomic E-state index is 13.1. The first kappa shape index (κ1) is 16.5. The van der Waals surface area contributed by atoms with Gasteiger partial charge in [-0.05, 0) is 30.8 Å². The van der Waals surface area contributed by atoms with Crippen molar-refractivity contribution < 1.29 is 18.0 Å². The van der Waals surface area contributed by atoms with Crippen LogP contribution >= 0.6 is 0 Å². The molecule has 1 rings (SSSR count). The van der Waals surface area contributed by atoms with E-state index >= 15 is 0 Å². The monoisotopic (exact) mass is 288 g/mol. The second kappa shape index (κ2) is 6.74. The van der Waals surface area contributed by atoms with Gasteiger partial charge in [0.15, 0.2) is 0 Å². The molecule has 1 aromatic rings. The van der Waals surface area contributed by atoms with Crippen LogP contribution in [0.3, 0.4) is 0 Å². The number of nitrogens with one attached hydrogen (secondary N) is 1. The molecule has 0 spiro atoms. The van der Waals surface area contributed by atoms with Crippen LogP contribution in [0, 0.1) is 0 Å². The molecule has 1 aromatic carbocycles. The van der Waals surface area contributed by atoms with E-state index in [1.165, 1.54) is 19.1 Å². The summed E-state index contributed by atoms with van der Waals surface area (Å²) in [5.74, 6) is -0.394. The molecular weight excluding hydrogens is 269 g/mol. The molecule has 0 aliphatic carbocycles. The first-order valence-electron chi connectivity index (χ1n) is 6.48. The summed E-state index contributed by atoms with van der Waals surface area (Å²) in [4.78, 5) is 12.8. The van der Waals surface area contributed by atoms with Gasteiger partial charge in [-0.15, -0.1) is 0 Å². The van der Waals surface area contributed by atoms with Crippen molar-refractivity contribution in [1.82, 2.24) is 4.90 Å². The normalized spacial score (nSPS) is 11.8. The Balaban J connectivity index is 3.13. The van der Waals surface area contributed by atoms with Crippen LogP contribution in [0.1, 0.15) is 31.9 Å². The lowest BCUT2D eigenvalue weighted by Crippen LogP contribution is -2.24. The van der Waals surface area contributed by atoms with Crippen molar-refractivity contribution in [3.63, 3.8) is 0 Å². The zero-order valence-electron chi connectivity index (χ0n) is 11.8. The molecule has 0 aliphatic rings. The van der Waals surface area contributed by atoms with Gasteiger partial charge in [0.2, 0.25) is 5.91 Å². The lowest BCUT2D eigenvalue weighted by atomic mass is 10.1. The third-order valence-electron chi connectivity index (χ3n) is 3.02. The minimum Gasteiger partial charge on any atom is -0.326 e. The smallest absolute Gasteiger partial charge is 0.326 e. The van der Waals surface area contributed by atoms with E-state index in [0.29, 0.717) is 13.1 Å². The Hall–Kier alpha value is -1.56. The molecule has 3 nitrogen and oxygen atoms in total. The van der Waals surface area contributed by atoms with Crippen molar-refractivity contribution in [3.8, 4) is 0 Å². The van der Waals surface area contributed by atoms with Gasteiger partial charge in [0.1, 0.15) is 0 Å². The number of amides is 1. The number of rotatable bonds is 5. The van der Waals surface area contributed by atoms with E-state index in [4.69, 9.17) is 0 Å². The predicted molar refractivity (Wildman–Crippen MR) is 72.4 cm³/mol. The predicted octanol–water partition coefficient (Wildman–Crippen LogP) is 3.51. The maximum Gasteiger partial charge on any atom is 0.416 e. The number of anilines is 1. The van der Waals surface area contributed by atoms with Crippen LogP contribution in [-0.4, -0.2) is 23.9 Å². The topological polar surface area (TPSA) is 32.3 Å². The summed E-state index contributed by atoms with van der Waals surface area (Å²) in [5.41, 5.74) is -0.320. The molecule has 0 bridgehead atoms. The van der Waals surface area contributed by atoms with Gasteiger partial charge in [-0.25, -0.2) is 0 Å². The summed E-state index contributed by atoms with van der Waals surface area (Å²) in [6, 6.07) is 3.90. The van der Waals surface area contributed by atoms with Crippen molar-refractivity contribution in [2.75, 3.05) is 18.4 Å². The van der Waals surface area contributed by atoms with Crippen LogP contribution < -0.4 is 5.32 Å². The Morgan fingerprint density at radius 2 is 1.85 bits per heavy atom. The maximum atomic E-state index is 13.1. The molecule has 0 saturated carbocycles. The highest BCUT2D eigenvalue weighted by molar-refractivity contribution is 5.88. The van der Waals surface area contributed by atoms with Gasteiger partial charge in [-0.1, -0.05) is 19.9 Å². The van der Waals surface area contributed by atoms with Gasteiger partial charge in [0, 0.05) is 19.2 Å². The van der Waals surface area contributed by atoms with Gasteiger partial charge < -0.3 is 5.32 Å². The Kier molecular flexibility index (Phi) is 5.56. The lowest BCUT2D eigenvalue weighted by molar-refractivity contribution is -0.138. The highest BCUT2D eigenvalue weighted by Gasteiger charge is 2.33. The number of alkyl halides is 3. The molecule has 0 atom stereocenters. The minimum absolute atomic E-state index is 0.160. The zero-order valence-corrected chi connectivity index (χ0v) is 11.8. The highest BCUT2D eigenvalue weighted by Crippen LogP contribution is 2.34. The molecule has 112 valence electrons. The Morgan fingerprint density at radius 1 is 1.25 bits per heavy atom. The van der Waals surface area contributed by atoms with Gasteiger partial charge >= 0.3 is 6.18 Å². The first-order valence-corrected chi connectivity index (χ1v) is 6.48. The van der Waals surface area contributed by atoms with Crippen molar-refractivity contribution >= 4 is 11.6 Å². The zero-order chi connectivity index (χ0) is 15.3. The standard InChI is InChI=1S/C14H19F3N2O/c1-4-19(5-2)9-11-6-7-12(18-10(3)20)8-13(11)14(15,16)17/h6-8H,4-5,9H2,1-3H3,(H,18,20). The molecule has 0 saturated heterocycles. The molecule has 1 amide bonds. The van der Waals surface area contributed by atoms with Gasteiger partial charge in [0.05, 0.1) is 5.56 Å². The number of carbonyl (C=O) groups excluding carboxylic acids is 1. The average Bonchev–Trinajstić information content (AvgIpc) is 2.35. The van der Waals surface area contributed by atoms with E-state index in [-0.39, 0.29) is 17.8 Å².